The van der Waals surface area contributed by atoms with Crippen LogP contribution in [0.3, 0.4) is 0 Å². The first-order valence-electron chi connectivity index (χ1n) is 8.86. The van der Waals surface area contributed by atoms with Gasteiger partial charge in [0.05, 0.1) is 0 Å². The van der Waals surface area contributed by atoms with Gasteiger partial charge in [-0.15, -0.1) is 0 Å². The Morgan fingerprint density at radius 1 is 1.00 bits per heavy atom. The first-order valence-corrected chi connectivity index (χ1v) is 8.86. The third kappa shape index (κ3) is 1.51. The molecule has 0 aromatic carbocycles. The summed E-state index contributed by atoms with van der Waals surface area (Å²) in [4.78, 5) is 5.81. The van der Waals surface area contributed by atoms with Gasteiger partial charge in [0.25, 0.3) is 0 Å². The summed E-state index contributed by atoms with van der Waals surface area (Å²) in [6.07, 6.45) is 9.05. The van der Waals surface area contributed by atoms with Crippen LogP contribution in [-0.4, -0.2) is 47.6 Å². The number of hydrogen-bond acceptors (Lipinski definition) is 2. The number of rotatable bonds is 2. The van der Waals surface area contributed by atoms with Gasteiger partial charge in [-0.3, -0.25) is 9.80 Å². The quantitative estimate of drug-likeness (QED) is 0.753. The van der Waals surface area contributed by atoms with E-state index in [0.29, 0.717) is 0 Å². The summed E-state index contributed by atoms with van der Waals surface area (Å²) in [5.74, 6) is 4.56. The van der Waals surface area contributed by atoms with Crippen LogP contribution in [0.4, 0.5) is 0 Å². The monoisotopic (exact) mass is 260 g/mol. The van der Waals surface area contributed by atoms with Gasteiger partial charge < -0.3 is 0 Å². The minimum Gasteiger partial charge on any atom is -0.298 e. The molecule has 0 aromatic rings. The van der Waals surface area contributed by atoms with Gasteiger partial charge in [-0.05, 0) is 68.7 Å². The maximum atomic E-state index is 3.01. The van der Waals surface area contributed by atoms with Gasteiger partial charge in [-0.2, -0.15) is 0 Å². The summed E-state index contributed by atoms with van der Waals surface area (Å²) in [5, 5.41) is 0. The van der Waals surface area contributed by atoms with Gasteiger partial charge in [0.1, 0.15) is 0 Å². The van der Waals surface area contributed by atoms with Crippen LogP contribution in [0.25, 0.3) is 0 Å². The zero-order chi connectivity index (χ0) is 12.6. The maximum absolute atomic E-state index is 3.01. The van der Waals surface area contributed by atoms with E-state index in [1.165, 1.54) is 38.9 Å². The molecule has 0 spiro atoms. The predicted molar refractivity (Wildman–Crippen MR) is 77.0 cm³/mol. The summed E-state index contributed by atoms with van der Waals surface area (Å²) in [6.45, 7) is 6.60. The summed E-state index contributed by atoms with van der Waals surface area (Å²) < 4.78 is 0. The lowest BCUT2D eigenvalue weighted by Gasteiger charge is -2.44. The van der Waals surface area contributed by atoms with Crippen LogP contribution < -0.4 is 0 Å². The Balaban J connectivity index is 1.37. The molecule has 2 bridgehead atoms. The molecule has 5 fully saturated rings. The Kier molecular flexibility index (Phi) is 2.42. The molecule has 0 amide bonds. The van der Waals surface area contributed by atoms with Crippen molar-refractivity contribution >= 4 is 0 Å². The predicted octanol–water partition coefficient (Wildman–Crippen LogP) is 2.59. The number of nitrogens with zero attached hydrogens (tertiary/aromatic N) is 2. The van der Waals surface area contributed by atoms with Crippen LogP contribution in [0.15, 0.2) is 0 Å². The molecule has 106 valence electrons. The highest BCUT2D eigenvalue weighted by atomic mass is 15.3. The van der Waals surface area contributed by atoms with Crippen molar-refractivity contribution in [2.75, 3.05) is 19.6 Å². The Hall–Kier alpha value is -0.0800. The van der Waals surface area contributed by atoms with Crippen molar-refractivity contribution in [3.63, 3.8) is 0 Å². The molecule has 2 aliphatic heterocycles. The smallest absolute Gasteiger partial charge is 0.0224 e. The van der Waals surface area contributed by atoms with E-state index in [1.807, 2.05) is 0 Å². The third-order valence-corrected chi connectivity index (χ3v) is 7.38. The molecule has 2 saturated heterocycles. The molecule has 6 atom stereocenters. The largest absolute Gasteiger partial charge is 0.298 e. The maximum Gasteiger partial charge on any atom is 0.0224 e. The fraction of sp³-hybridized carbons (Fsp3) is 1.00. The minimum absolute atomic E-state index is 0.879. The average Bonchev–Trinajstić information content (AvgIpc) is 2.84. The van der Waals surface area contributed by atoms with E-state index in [-0.39, 0.29) is 0 Å². The van der Waals surface area contributed by atoms with Crippen LogP contribution >= 0.6 is 0 Å². The van der Waals surface area contributed by atoms with Gasteiger partial charge in [-0.1, -0.05) is 6.92 Å². The van der Waals surface area contributed by atoms with E-state index in [4.69, 9.17) is 0 Å². The molecule has 19 heavy (non-hydrogen) atoms. The molecule has 6 unspecified atom stereocenters. The van der Waals surface area contributed by atoms with E-state index in [9.17, 15) is 0 Å². The van der Waals surface area contributed by atoms with Crippen LogP contribution in [-0.2, 0) is 0 Å². The van der Waals surface area contributed by atoms with Crippen molar-refractivity contribution in [1.82, 2.24) is 9.80 Å². The van der Waals surface area contributed by atoms with Gasteiger partial charge >= 0.3 is 0 Å². The van der Waals surface area contributed by atoms with Gasteiger partial charge in [-0.25, -0.2) is 0 Å². The van der Waals surface area contributed by atoms with Gasteiger partial charge in [0, 0.05) is 31.2 Å². The summed E-state index contributed by atoms with van der Waals surface area (Å²) in [7, 11) is 0. The summed E-state index contributed by atoms with van der Waals surface area (Å²) in [5.41, 5.74) is 0. The molecule has 3 aliphatic carbocycles. The van der Waals surface area contributed by atoms with Gasteiger partial charge in [0.15, 0.2) is 0 Å². The van der Waals surface area contributed by atoms with E-state index in [2.05, 4.69) is 16.7 Å². The lowest BCUT2D eigenvalue weighted by Crippen LogP contribution is -2.57. The van der Waals surface area contributed by atoms with E-state index < -0.39 is 0 Å². The molecular weight excluding hydrogens is 232 g/mol. The Morgan fingerprint density at radius 3 is 2.53 bits per heavy atom. The minimum atomic E-state index is 0.879. The fourth-order valence-corrected chi connectivity index (χ4v) is 6.56. The first-order chi connectivity index (χ1) is 9.36. The molecule has 0 aromatic heterocycles. The van der Waals surface area contributed by atoms with Crippen LogP contribution in [0.1, 0.15) is 45.4 Å². The van der Waals surface area contributed by atoms with E-state index in [0.717, 1.165) is 41.8 Å². The Labute approximate surface area is 117 Å². The second kappa shape index (κ2) is 3.98. The normalized spacial score (nSPS) is 56.4. The zero-order valence-electron chi connectivity index (χ0n) is 12.3. The molecule has 2 heterocycles. The van der Waals surface area contributed by atoms with Crippen molar-refractivity contribution in [2.24, 2.45) is 23.7 Å². The number of piperazine rings is 1. The van der Waals surface area contributed by atoms with E-state index >= 15 is 0 Å². The Morgan fingerprint density at radius 2 is 1.79 bits per heavy atom. The van der Waals surface area contributed by atoms with Gasteiger partial charge in [0.2, 0.25) is 0 Å². The topological polar surface area (TPSA) is 6.48 Å². The summed E-state index contributed by atoms with van der Waals surface area (Å²) >= 11 is 0. The average molecular weight is 260 g/mol. The first kappa shape index (κ1) is 11.6. The van der Waals surface area contributed by atoms with Crippen molar-refractivity contribution in [3.05, 3.63) is 0 Å². The van der Waals surface area contributed by atoms with E-state index in [1.54, 1.807) is 19.3 Å². The lowest BCUT2D eigenvalue weighted by molar-refractivity contribution is 0.0319. The third-order valence-electron chi connectivity index (χ3n) is 7.38. The summed E-state index contributed by atoms with van der Waals surface area (Å²) in [6, 6.07) is 2.82. The molecule has 2 nitrogen and oxygen atoms in total. The highest BCUT2D eigenvalue weighted by molar-refractivity contribution is 5.19. The zero-order valence-corrected chi connectivity index (χ0v) is 12.3. The SMILES string of the molecule is CCC1CN2CCCC2CN1C1C2C3CCC(C3)C21. The van der Waals surface area contributed by atoms with Crippen LogP contribution in [0.2, 0.25) is 0 Å². The highest BCUT2D eigenvalue weighted by Gasteiger charge is 2.67. The molecule has 0 N–H and O–H groups in total. The van der Waals surface area contributed by atoms with Crippen molar-refractivity contribution in [1.29, 1.82) is 0 Å². The fourth-order valence-electron chi connectivity index (χ4n) is 6.56. The van der Waals surface area contributed by atoms with Crippen molar-refractivity contribution < 1.29 is 0 Å². The molecule has 2 heteroatoms. The van der Waals surface area contributed by atoms with Crippen LogP contribution in [0, 0.1) is 23.7 Å². The standard InChI is InChI=1S/C17H28N2/c1-2-13-9-18-7-3-4-14(18)10-19(13)17-15-11-5-6-12(8-11)16(15)17/h11-17H,2-10H2,1H3. The van der Waals surface area contributed by atoms with Crippen LogP contribution in [0.5, 0.6) is 0 Å². The number of fused-ring (bicyclic) bond motifs is 6. The highest BCUT2D eigenvalue weighted by Crippen LogP contribution is 2.67. The lowest BCUT2D eigenvalue weighted by atomic mass is 10.00. The van der Waals surface area contributed by atoms with Crippen molar-refractivity contribution in [2.45, 2.75) is 63.6 Å². The van der Waals surface area contributed by atoms with Crippen molar-refractivity contribution in [3.8, 4) is 0 Å². The number of hydrogen-bond donors (Lipinski definition) is 0. The molecule has 0 radical (unpaired) electrons. The Bertz CT molecular complexity index is 365. The molecule has 5 rings (SSSR count). The molecule has 5 aliphatic rings. The molecular formula is C17H28N2. The second-order valence-electron chi connectivity index (χ2n) is 8.03. The molecule has 3 saturated carbocycles. The second-order valence-corrected chi connectivity index (χ2v) is 8.03.